The summed E-state index contributed by atoms with van der Waals surface area (Å²) in [7, 11) is 0. The summed E-state index contributed by atoms with van der Waals surface area (Å²) in [5, 5.41) is 0. The lowest BCUT2D eigenvalue weighted by Crippen LogP contribution is -2.36. The third-order valence-corrected chi connectivity index (χ3v) is 4.75. The molecule has 3 rings (SSSR count). The first-order valence-electron chi connectivity index (χ1n) is 8.57. The third-order valence-electron chi connectivity index (χ3n) is 4.75. The van der Waals surface area contributed by atoms with Crippen LogP contribution >= 0.6 is 0 Å². The van der Waals surface area contributed by atoms with Crippen molar-refractivity contribution in [3.8, 4) is 0 Å². The van der Waals surface area contributed by atoms with Crippen molar-refractivity contribution in [3.05, 3.63) is 71.8 Å². The van der Waals surface area contributed by atoms with Gasteiger partial charge in [0.05, 0.1) is 24.9 Å². The lowest BCUT2D eigenvalue weighted by atomic mass is 9.84. The number of rotatable bonds is 6. The van der Waals surface area contributed by atoms with Gasteiger partial charge in [0.2, 0.25) is 0 Å². The predicted molar refractivity (Wildman–Crippen MR) is 93.1 cm³/mol. The molecule has 0 spiro atoms. The molecule has 0 bridgehead atoms. The molecule has 1 aliphatic rings. The molecule has 0 radical (unpaired) electrons. The van der Waals surface area contributed by atoms with E-state index < -0.39 is 0 Å². The fourth-order valence-electron chi connectivity index (χ4n) is 3.13. The maximum atomic E-state index is 6.21. The second kappa shape index (κ2) is 7.76. The Hall–Kier alpha value is -1.64. The van der Waals surface area contributed by atoms with E-state index in [9.17, 15) is 0 Å². The second-order valence-electron chi connectivity index (χ2n) is 6.72. The molecule has 0 aromatic heterocycles. The second-order valence-corrected chi connectivity index (χ2v) is 6.72. The van der Waals surface area contributed by atoms with Crippen LogP contribution in [0, 0.1) is 0 Å². The SMILES string of the molecule is CC1(OCc2ccccc2)CCC(OCc2ccccc2)CC1. The topological polar surface area (TPSA) is 18.5 Å². The smallest absolute Gasteiger partial charge is 0.0724 e. The highest BCUT2D eigenvalue weighted by Crippen LogP contribution is 2.33. The zero-order valence-corrected chi connectivity index (χ0v) is 13.9. The minimum atomic E-state index is -0.0115. The van der Waals surface area contributed by atoms with Crippen LogP contribution in [0.25, 0.3) is 0 Å². The first kappa shape index (κ1) is 16.2. The Balaban J connectivity index is 1.42. The quantitative estimate of drug-likeness (QED) is 0.737. The van der Waals surface area contributed by atoms with Crippen LogP contribution < -0.4 is 0 Å². The number of hydrogen-bond acceptors (Lipinski definition) is 2. The molecule has 0 aliphatic heterocycles. The van der Waals surface area contributed by atoms with Crippen LogP contribution in [-0.4, -0.2) is 11.7 Å². The van der Waals surface area contributed by atoms with Crippen LogP contribution in [0.5, 0.6) is 0 Å². The minimum absolute atomic E-state index is 0.0115. The zero-order valence-electron chi connectivity index (χ0n) is 13.9. The summed E-state index contributed by atoms with van der Waals surface area (Å²) in [4.78, 5) is 0. The van der Waals surface area contributed by atoms with Gasteiger partial charge in [-0.05, 0) is 43.7 Å². The molecular weight excluding hydrogens is 284 g/mol. The largest absolute Gasteiger partial charge is 0.374 e. The van der Waals surface area contributed by atoms with Gasteiger partial charge in [-0.15, -0.1) is 0 Å². The van der Waals surface area contributed by atoms with Crippen LogP contribution in [0.2, 0.25) is 0 Å². The Morgan fingerprint density at radius 3 is 1.91 bits per heavy atom. The summed E-state index contributed by atoms with van der Waals surface area (Å²) in [6, 6.07) is 20.8. The van der Waals surface area contributed by atoms with Crippen LogP contribution in [-0.2, 0) is 22.7 Å². The Morgan fingerprint density at radius 2 is 1.35 bits per heavy atom. The highest BCUT2D eigenvalue weighted by Gasteiger charge is 2.32. The van der Waals surface area contributed by atoms with Crippen LogP contribution in [0.4, 0.5) is 0 Å². The maximum Gasteiger partial charge on any atom is 0.0724 e. The Labute approximate surface area is 139 Å². The van der Waals surface area contributed by atoms with Crippen molar-refractivity contribution < 1.29 is 9.47 Å². The molecule has 2 aromatic rings. The Kier molecular flexibility index (Phi) is 5.47. The summed E-state index contributed by atoms with van der Waals surface area (Å²) >= 11 is 0. The molecule has 2 heteroatoms. The molecule has 23 heavy (non-hydrogen) atoms. The predicted octanol–water partition coefficient (Wildman–Crippen LogP) is 5.12. The summed E-state index contributed by atoms with van der Waals surface area (Å²) < 4.78 is 12.3. The first-order chi connectivity index (χ1) is 11.2. The van der Waals surface area contributed by atoms with E-state index in [2.05, 4.69) is 55.5 Å². The molecule has 0 atom stereocenters. The summed E-state index contributed by atoms with van der Waals surface area (Å²) in [5.41, 5.74) is 2.49. The summed E-state index contributed by atoms with van der Waals surface area (Å²) in [6.45, 7) is 3.66. The molecule has 1 fully saturated rings. The van der Waals surface area contributed by atoms with Crippen molar-refractivity contribution in [2.45, 2.75) is 57.5 Å². The summed E-state index contributed by atoms with van der Waals surface area (Å²) in [5.74, 6) is 0. The van der Waals surface area contributed by atoms with E-state index in [-0.39, 0.29) is 5.60 Å². The molecular formula is C21H26O2. The number of ether oxygens (including phenoxy) is 2. The lowest BCUT2D eigenvalue weighted by Gasteiger charge is -2.37. The van der Waals surface area contributed by atoms with Gasteiger partial charge in [-0.2, -0.15) is 0 Å². The maximum absolute atomic E-state index is 6.21. The fraction of sp³-hybridized carbons (Fsp3) is 0.429. The average Bonchev–Trinajstić information content (AvgIpc) is 2.62. The van der Waals surface area contributed by atoms with Crippen molar-refractivity contribution in [1.82, 2.24) is 0 Å². The minimum Gasteiger partial charge on any atom is -0.374 e. The molecule has 1 saturated carbocycles. The van der Waals surface area contributed by atoms with Gasteiger partial charge < -0.3 is 9.47 Å². The third kappa shape index (κ3) is 4.92. The van der Waals surface area contributed by atoms with E-state index in [1.165, 1.54) is 11.1 Å². The van der Waals surface area contributed by atoms with Gasteiger partial charge in [0.1, 0.15) is 0 Å². The molecule has 0 amide bonds. The standard InChI is InChI=1S/C21H26O2/c1-21(23-17-19-10-6-3-7-11-19)14-12-20(13-15-21)22-16-18-8-4-2-5-9-18/h2-11,20H,12-17H2,1H3. The van der Waals surface area contributed by atoms with E-state index in [1.54, 1.807) is 0 Å². The van der Waals surface area contributed by atoms with Crippen molar-refractivity contribution in [1.29, 1.82) is 0 Å². The van der Waals surface area contributed by atoms with Crippen LogP contribution in [0.1, 0.15) is 43.7 Å². The van der Waals surface area contributed by atoms with E-state index in [1.807, 2.05) is 12.1 Å². The molecule has 0 N–H and O–H groups in total. The Bertz CT molecular complexity index is 571. The molecule has 0 unspecified atom stereocenters. The molecule has 122 valence electrons. The van der Waals surface area contributed by atoms with Crippen LogP contribution in [0.15, 0.2) is 60.7 Å². The fourth-order valence-corrected chi connectivity index (χ4v) is 3.13. The van der Waals surface area contributed by atoms with Crippen LogP contribution in [0.3, 0.4) is 0 Å². The molecule has 1 aliphatic carbocycles. The van der Waals surface area contributed by atoms with Crippen molar-refractivity contribution in [3.63, 3.8) is 0 Å². The van der Waals surface area contributed by atoms with Gasteiger partial charge in [0.15, 0.2) is 0 Å². The van der Waals surface area contributed by atoms with Gasteiger partial charge in [0, 0.05) is 0 Å². The highest BCUT2D eigenvalue weighted by atomic mass is 16.5. The monoisotopic (exact) mass is 310 g/mol. The molecule has 0 heterocycles. The summed E-state index contributed by atoms with van der Waals surface area (Å²) in [6.07, 6.45) is 4.66. The molecule has 2 aromatic carbocycles. The average molecular weight is 310 g/mol. The van der Waals surface area contributed by atoms with Gasteiger partial charge in [-0.25, -0.2) is 0 Å². The highest BCUT2D eigenvalue weighted by molar-refractivity contribution is 5.14. The van der Waals surface area contributed by atoms with Crippen molar-refractivity contribution in [2.24, 2.45) is 0 Å². The number of benzene rings is 2. The van der Waals surface area contributed by atoms with Gasteiger partial charge in [0.25, 0.3) is 0 Å². The molecule has 0 saturated heterocycles. The normalized spacial score (nSPS) is 24.5. The van der Waals surface area contributed by atoms with Gasteiger partial charge >= 0.3 is 0 Å². The molecule has 2 nitrogen and oxygen atoms in total. The van der Waals surface area contributed by atoms with Crippen molar-refractivity contribution >= 4 is 0 Å². The van der Waals surface area contributed by atoms with Gasteiger partial charge in [-0.1, -0.05) is 60.7 Å². The van der Waals surface area contributed by atoms with E-state index in [0.717, 1.165) is 25.7 Å². The van der Waals surface area contributed by atoms with Gasteiger partial charge in [-0.3, -0.25) is 0 Å². The van der Waals surface area contributed by atoms with Crippen molar-refractivity contribution in [2.75, 3.05) is 0 Å². The van der Waals surface area contributed by atoms with E-state index in [4.69, 9.17) is 9.47 Å². The van der Waals surface area contributed by atoms with E-state index >= 15 is 0 Å². The number of hydrogen-bond donors (Lipinski definition) is 0. The zero-order chi connectivity index (χ0) is 16.0. The first-order valence-corrected chi connectivity index (χ1v) is 8.57. The Morgan fingerprint density at radius 1 is 0.826 bits per heavy atom. The lowest BCUT2D eigenvalue weighted by molar-refractivity contribution is -0.0989. The van der Waals surface area contributed by atoms with E-state index in [0.29, 0.717) is 19.3 Å².